The Balaban J connectivity index is 2.01. The molecular formula is C14H21NO2. The van der Waals surface area contributed by atoms with Crippen LogP contribution in [0.25, 0.3) is 0 Å². The number of benzene rings is 1. The zero-order valence-electron chi connectivity index (χ0n) is 10.2. The van der Waals surface area contributed by atoms with Gasteiger partial charge in [-0.2, -0.15) is 0 Å². The van der Waals surface area contributed by atoms with E-state index in [1.807, 2.05) is 0 Å². The molecule has 0 saturated heterocycles. The van der Waals surface area contributed by atoms with E-state index in [0.29, 0.717) is 13.1 Å². The lowest BCUT2D eigenvalue weighted by Crippen LogP contribution is -2.29. The Morgan fingerprint density at radius 2 is 1.71 bits per heavy atom. The van der Waals surface area contributed by atoms with Crippen molar-refractivity contribution in [2.45, 2.75) is 25.8 Å². The van der Waals surface area contributed by atoms with E-state index in [9.17, 15) is 0 Å². The van der Waals surface area contributed by atoms with Gasteiger partial charge in [0.1, 0.15) is 0 Å². The number of hydrogen-bond donors (Lipinski definition) is 2. The SMILES string of the molecule is OCCN(CCO)Cc1ccc2c(c1)CCC2. The lowest BCUT2D eigenvalue weighted by Gasteiger charge is -2.20. The van der Waals surface area contributed by atoms with Gasteiger partial charge in [0.2, 0.25) is 0 Å². The molecule has 0 bridgehead atoms. The van der Waals surface area contributed by atoms with E-state index in [1.165, 1.54) is 36.0 Å². The van der Waals surface area contributed by atoms with E-state index in [0.717, 1.165) is 6.54 Å². The molecule has 0 unspecified atom stereocenters. The molecular weight excluding hydrogens is 214 g/mol. The Morgan fingerprint density at radius 3 is 2.41 bits per heavy atom. The minimum absolute atomic E-state index is 0.144. The van der Waals surface area contributed by atoms with Gasteiger partial charge in [-0.25, -0.2) is 0 Å². The molecule has 0 fully saturated rings. The molecule has 2 rings (SSSR count). The predicted molar refractivity (Wildman–Crippen MR) is 67.9 cm³/mol. The molecule has 0 aromatic heterocycles. The second-order valence-corrected chi connectivity index (χ2v) is 4.68. The summed E-state index contributed by atoms with van der Waals surface area (Å²) >= 11 is 0. The van der Waals surface area contributed by atoms with Crippen LogP contribution in [-0.4, -0.2) is 41.4 Å². The first-order valence-corrected chi connectivity index (χ1v) is 6.38. The first-order chi connectivity index (χ1) is 8.33. The van der Waals surface area contributed by atoms with E-state index >= 15 is 0 Å². The number of rotatable bonds is 6. The molecule has 0 aliphatic heterocycles. The molecule has 1 aromatic carbocycles. The fourth-order valence-electron chi connectivity index (χ4n) is 2.53. The van der Waals surface area contributed by atoms with Crippen molar-refractivity contribution in [2.24, 2.45) is 0 Å². The second kappa shape index (κ2) is 6.15. The van der Waals surface area contributed by atoms with E-state index in [-0.39, 0.29) is 13.2 Å². The van der Waals surface area contributed by atoms with Crippen molar-refractivity contribution in [1.29, 1.82) is 0 Å². The first kappa shape index (κ1) is 12.6. The molecule has 1 aromatic rings. The highest BCUT2D eigenvalue weighted by Crippen LogP contribution is 2.23. The van der Waals surface area contributed by atoms with Gasteiger partial charge in [0, 0.05) is 19.6 Å². The molecule has 1 aliphatic carbocycles. The number of aliphatic hydroxyl groups excluding tert-OH is 2. The van der Waals surface area contributed by atoms with Crippen molar-refractivity contribution in [2.75, 3.05) is 26.3 Å². The van der Waals surface area contributed by atoms with Crippen molar-refractivity contribution in [3.8, 4) is 0 Å². The Labute approximate surface area is 103 Å². The van der Waals surface area contributed by atoms with Gasteiger partial charge in [0.05, 0.1) is 13.2 Å². The summed E-state index contributed by atoms with van der Waals surface area (Å²) in [6.07, 6.45) is 3.69. The Kier molecular flexibility index (Phi) is 4.54. The fraction of sp³-hybridized carbons (Fsp3) is 0.571. The van der Waals surface area contributed by atoms with Crippen molar-refractivity contribution in [3.05, 3.63) is 34.9 Å². The Bertz CT molecular complexity index is 359. The van der Waals surface area contributed by atoms with Crippen molar-refractivity contribution >= 4 is 0 Å². The molecule has 3 nitrogen and oxygen atoms in total. The van der Waals surface area contributed by atoms with Crippen LogP contribution in [0.1, 0.15) is 23.1 Å². The molecule has 0 spiro atoms. The molecule has 0 saturated carbocycles. The second-order valence-electron chi connectivity index (χ2n) is 4.68. The van der Waals surface area contributed by atoms with Crippen LogP contribution >= 0.6 is 0 Å². The zero-order valence-corrected chi connectivity index (χ0v) is 10.2. The first-order valence-electron chi connectivity index (χ1n) is 6.38. The van der Waals surface area contributed by atoms with E-state index < -0.39 is 0 Å². The fourth-order valence-corrected chi connectivity index (χ4v) is 2.53. The lowest BCUT2D eigenvalue weighted by atomic mass is 10.1. The van der Waals surface area contributed by atoms with Gasteiger partial charge >= 0.3 is 0 Å². The third-order valence-electron chi connectivity index (χ3n) is 3.40. The summed E-state index contributed by atoms with van der Waals surface area (Å²) in [6.45, 7) is 2.35. The molecule has 0 heterocycles. The van der Waals surface area contributed by atoms with Gasteiger partial charge in [-0.1, -0.05) is 18.2 Å². The van der Waals surface area contributed by atoms with Crippen molar-refractivity contribution in [1.82, 2.24) is 4.90 Å². The van der Waals surface area contributed by atoms with Crippen LogP contribution in [-0.2, 0) is 19.4 Å². The summed E-state index contributed by atoms with van der Waals surface area (Å²) in [6, 6.07) is 6.68. The standard InChI is InChI=1S/C14H21NO2/c16-8-6-15(7-9-17)11-12-4-5-13-2-1-3-14(13)10-12/h4-5,10,16-17H,1-3,6-9,11H2. The summed E-state index contributed by atoms with van der Waals surface area (Å²) in [4.78, 5) is 2.08. The van der Waals surface area contributed by atoms with Gasteiger partial charge in [-0.05, 0) is 36.0 Å². The molecule has 3 heteroatoms. The van der Waals surface area contributed by atoms with Gasteiger partial charge in [-0.15, -0.1) is 0 Å². The minimum Gasteiger partial charge on any atom is -0.395 e. The summed E-state index contributed by atoms with van der Waals surface area (Å²) in [5.41, 5.74) is 4.26. The average Bonchev–Trinajstić information content (AvgIpc) is 2.77. The van der Waals surface area contributed by atoms with Crippen LogP contribution in [0.5, 0.6) is 0 Å². The summed E-state index contributed by atoms with van der Waals surface area (Å²) in [5, 5.41) is 17.9. The topological polar surface area (TPSA) is 43.7 Å². The van der Waals surface area contributed by atoms with Gasteiger partial charge < -0.3 is 10.2 Å². The molecule has 0 amide bonds. The molecule has 1 aliphatic rings. The van der Waals surface area contributed by atoms with Gasteiger partial charge in [0.15, 0.2) is 0 Å². The van der Waals surface area contributed by atoms with E-state index in [4.69, 9.17) is 10.2 Å². The van der Waals surface area contributed by atoms with Crippen LogP contribution in [0.4, 0.5) is 0 Å². The third-order valence-corrected chi connectivity index (χ3v) is 3.40. The van der Waals surface area contributed by atoms with Crippen LogP contribution in [0.2, 0.25) is 0 Å². The molecule has 17 heavy (non-hydrogen) atoms. The molecule has 0 atom stereocenters. The van der Waals surface area contributed by atoms with Crippen LogP contribution in [0, 0.1) is 0 Å². The number of hydrogen-bond acceptors (Lipinski definition) is 3. The smallest absolute Gasteiger partial charge is 0.0558 e. The maximum absolute atomic E-state index is 8.97. The monoisotopic (exact) mass is 235 g/mol. The lowest BCUT2D eigenvalue weighted by molar-refractivity contribution is 0.156. The van der Waals surface area contributed by atoms with Crippen molar-refractivity contribution in [3.63, 3.8) is 0 Å². The molecule has 94 valence electrons. The normalized spacial score (nSPS) is 14.3. The maximum atomic E-state index is 8.97. The average molecular weight is 235 g/mol. The maximum Gasteiger partial charge on any atom is 0.0558 e. The summed E-state index contributed by atoms with van der Waals surface area (Å²) in [5.74, 6) is 0. The highest BCUT2D eigenvalue weighted by Gasteiger charge is 2.12. The van der Waals surface area contributed by atoms with Crippen LogP contribution < -0.4 is 0 Å². The third kappa shape index (κ3) is 3.28. The highest BCUT2D eigenvalue weighted by molar-refractivity contribution is 5.35. The Hall–Kier alpha value is -0.900. The van der Waals surface area contributed by atoms with E-state index in [1.54, 1.807) is 0 Å². The molecule has 2 N–H and O–H groups in total. The number of aryl methyl sites for hydroxylation is 2. The summed E-state index contributed by atoms with van der Waals surface area (Å²) in [7, 11) is 0. The van der Waals surface area contributed by atoms with E-state index in [2.05, 4.69) is 23.1 Å². The number of aliphatic hydroxyl groups is 2. The Morgan fingerprint density at radius 1 is 1.00 bits per heavy atom. The number of nitrogens with zero attached hydrogens (tertiary/aromatic N) is 1. The molecule has 0 radical (unpaired) electrons. The van der Waals surface area contributed by atoms with Crippen LogP contribution in [0.3, 0.4) is 0 Å². The quantitative estimate of drug-likeness (QED) is 0.772. The van der Waals surface area contributed by atoms with Gasteiger partial charge in [-0.3, -0.25) is 4.90 Å². The highest BCUT2D eigenvalue weighted by atomic mass is 16.3. The van der Waals surface area contributed by atoms with Crippen LogP contribution in [0.15, 0.2) is 18.2 Å². The summed E-state index contributed by atoms with van der Waals surface area (Å²) < 4.78 is 0. The minimum atomic E-state index is 0.144. The van der Waals surface area contributed by atoms with Crippen molar-refractivity contribution < 1.29 is 10.2 Å². The largest absolute Gasteiger partial charge is 0.395 e. The predicted octanol–water partition coefficient (Wildman–Crippen LogP) is 0.962. The number of fused-ring (bicyclic) bond motifs is 1. The zero-order chi connectivity index (χ0) is 12.1. The van der Waals surface area contributed by atoms with Gasteiger partial charge in [0.25, 0.3) is 0 Å².